The van der Waals surface area contributed by atoms with Gasteiger partial charge >= 0.3 is 0 Å². The van der Waals surface area contributed by atoms with E-state index in [-0.39, 0.29) is 11.8 Å². The molecule has 216 valence electrons. The number of thioether (sulfide) groups is 1. The van der Waals surface area contributed by atoms with Crippen molar-refractivity contribution >= 4 is 34.5 Å². The third-order valence-corrected chi connectivity index (χ3v) is 7.72. The number of ether oxygens (including phenoxy) is 1. The number of imidazole rings is 1. The molecule has 5 aromatic rings. The molecule has 11 heteroatoms. The summed E-state index contributed by atoms with van der Waals surface area (Å²) in [6.07, 6.45) is 9.00. The Morgan fingerprint density at radius 3 is 2.67 bits per heavy atom. The molecule has 0 radical (unpaired) electrons. The van der Waals surface area contributed by atoms with Gasteiger partial charge in [-0.05, 0) is 49.8 Å². The summed E-state index contributed by atoms with van der Waals surface area (Å²) in [7, 11) is 3.36. The number of carbonyl (C=O) groups is 2. The molecule has 0 aliphatic rings. The predicted octanol–water partition coefficient (Wildman–Crippen LogP) is 5.16. The molecule has 0 aliphatic carbocycles. The van der Waals surface area contributed by atoms with Gasteiger partial charge in [-0.25, -0.2) is 9.97 Å². The van der Waals surface area contributed by atoms with E-state index in [2.05, 4.69) is 30.7 Å². The van der Waals surface area contributed by atoms with Crippen LogP contribution in [0.15, 0.2) is 78.1 Å². The Labute approximate surface area is 248 Å². The average molecular weight is 584 g/mol. The normalized spacial score (nSPS) is 11.8. The van der Waals surface area contributed by atoms with Crippen LogP contribution in [0.1, 0.15) is 51.8 Å². The van der Waals surface area contributed by atoms with Crippen LogP contribution in [0, 0.1) is 0 Å². The number of methoxy groups -OCH3 is 1. The Hall–Kier alpha value is -4.64. The molecule has 1 atom stereocenters. The SMILES string of the molecule is COc1nc2ccccc2cc1-c1cnc([C@H](CCCCNC(=O)c2ccccc2SC)NC(=O)c2cnn(C)c2)[nH]1. The van der Waals surface area contributed by atoms with Gasteiger partial charge in [0.1, 0.15) is 5.82 Å². The topological polar surface area (TPSA) is 127 Å². The Morgan fingerprint density at radius 1 is 1.07 bits per heavy atom. The van der Waals surface area contributed by atoms with E-state index >= 15 is 0 Å². The molecule has 5 rings (SSSR count). The molecular formula is C31H33N7O3S. The summed E-state index contributed by atoms with van der Waals surface area (Å²) < 4.78 is 7.18. The van der Waals surface area contributed by atoms with Gasteiger partial charge < -0.3 is 20.4 Å². The molecule has 2 amide bonds. The first-order valence-electron chi connectivity index (χ1n) is 13.7. The summed E-state index contributed by atoms with van der Waals surface area (Å²) in [5.74, 6) is 0.780. The van der Waals surface area contributed by atoms with Crippen LogP contribution in [0.5, 0.6) is 5.88 Å². The highest BCUT2D eigenvalue weighted by molar-refractivity contribution is 7.98. The highest BCUT2D eigenvalue weighted by Crippen LogP contribution is 2.31. The van der Waals surface area contributed by atoms with Crippen molar-refractivity contribution in [2.24, 2.45) is 7.05 Å². The molecule has 0 unspecified atom stereocenters. The van der Waals surface area contributed by atoms with Crippen LogP contribution in [0.25, 0.3) is 22.2 Å². The van der Waals surface area contributed by atoms with E-state index in [4.69, 9.17) is 4.74 Å². The van der Waals surface area contributed by atoms with E-state index in [9.17, 15) is 9.59 Å². The van der Waals surface area contributed by atoms with Crippen molar-refractivity contribution in [3.63, 3.8) is 0 Å². The van der Waals surface area contributed by atoms with Crippen molar-refractivity contribution in [3.05, 3.63) is 90.1 Å². The average Bonchev–Trinajstić information content (AvgIpc) is 3.69. The maximum atomic E-state index is 13.1. The number of hydrogen-bond acceptors (Lipinski definition) is 7. The second kappa shape index (κ2) is 13.3. The van der Waals surface area contributed by atoms with Crippen molar-refractivity contribution in [3.8, 4) is 17.1 Å². The van der Waals surface area contributed by atoms with E-state index in [0.29, 0.717) is 35.8 Å². The zero-order valence-corrected chi connectivity index (χ0v) is 24.6. The van der Waals surface area contributed by atoms with Crippen molar-refractivity contribution < 1.29 is 14.3 Å². The number of unbranched alkanes of at least 4 members (excludes halogenated alkanes) is 1. The number of aromatic amines is 1. The summed E-state index contributed by atoms with van der Waals surface area (Å²) in [5, 5.41) is 11.2. The highest BCUT2D eigenvalue weighted by Gasteiger charge is 2.21. The Kier molecular flexibility index (Phi) is 9.18. The van der Waals surface area contributed by atoms with E-state index in [1.807, 2.05) is 60.9 Å². The lowest BCUT2D eigenvalue weighted by atomic mass is 10.1. The molecule has 2 aromatic carbocycles. The molecule has 3 aromatic heterocycles. The van der Waals surface area contributed by atoms with Crippen molar-refractivity contribution in [2.45, 2.75) is 30.2 Å². The lowest BCUT2D eigenvalue weighted by molar-refractivity contribution is 0.0931. The molecule has 0 aliphatic heterocycles. The number of amides is 2. The summed E-state index contributed by atoms with van der Waals surface area (Å²) in [4.78, 5) is 39.4. The van der Waals surface area contributed by atoms with Crippen LogP contribution < -0.4 is 15.4 Å². The Balaban J connectivity index is 1.30. The number of aryl methyl sites for hydroxylation is 1. The summed E-state index contributed by atoms with van der Waals surface area (Å²) in [6.45, 7) is 0.522. The molecule has 0 saturated carbocycles. The first kappa shape index (κ1) is 28.9. The first-order chi connectivity index (χ1) is 20.5. The van der Waals surface area contributed by atoms with Gasteiger partial charge in [0, 0.05) is 30.1 Å². The van der Waals surface area contributed by atoms with Crippen molar-refractivity contribution in [1.82, 2.24) is 35.4 Å². The second-order valence-corrected chi connectivity index (χ2v) is 10.6. The van der Waals surface area contributed by atoms with Crippen LogP contribution in [-0.2, 0) is 7.05 Å². The predicted molar refractivity (Wildman–Crippen MR) is 164 cm³/mol. The van der Waals surface area contributed by atoms with E-state index in [0.717, 1.165) is 39.9 Å². The summed E-state index contributed by atoms with van der Waals surface area (Å²) in [6, 6.07) is 17.0. The van der Waals surface area contributed by atoms with Crippen molar-refractivity contribution in [2.75, 3.05) is 19.9 Å². The number of benzene rings is 2. The summed E-state index contributed by atoms with van der Waals surface area (Å²) in [5.41, 5.74) is 3.49. The number of aromatic nitrogens is 5. The van der Waals surface area contributed by atoms with Crippen molar-refractivity contribution in [1.29, 1.82) is 0 Å². The van der Waals surface area contributed by atoms with Gasteiger partial charge in [0.15, 0.2) is 0 Å². The molecule has 3 N–H and O–H groups in total. The van der Waals surface area contributed by atoms with Gasteiger partial charge in [-0.1, -0.05) is 30.3 Å². The van der Waals surface area contributed by atoms with Gasteiger partial charge in [-0.15, -0.1) is 11.8 Å². The lowest BCUT2D eigenvalue weighted by Crippen LogP contribution is -2.29. The third-order valence-electron chi connectivity index (χ3n) is 6.93. The largest absolute Gasteiger partial charge is 0.480 e. The van der Waals surface area contributed by atoms with E-state index < -0.39 is 6.04 Å². The molecule has 10 nitrogen and oxygen atoms in total. The number of hydrogen-bond donors (Lipinski definition) is 3. The number of nitrogens with one attached hydrogen (secondary N) is 3. The lowest BCUT2D eigenvalue weighted by Gasteiger charge is -2.17. The maximum absolute atomic E-state index is 13.1. The number of H-pyrrole nitrogens is 1. The summed E-state index contributed by atoms with van der Waals surface area (Å²) >= 11 is 1.55. The Morgan fingerprint density at radius 2 is 1.88 bits per heavy atom. The number of rotatable bonds is 12. The molecule has 0 saturated heterocycles. The van der Waals surface area contributed by atoms with Gasteiger partial charge in [-0.3, -0.25) is 14.3 Å². The fraction of sp³-hybridized carbons (Fsp3) is 0.258. The zero-order valence-electron chi connectivity index (χ0n) is 23.8. The standard InChI is InChI=1S/C31H33N7O3S/c1-38-19-21(17-34-38)29(39)36-25(13-8-9-15-32-30(40)22-11-5-7-14-27(22)42-3)28-33-18-26(35-28)23-16-20-10-4-6-12-24(20)37-31(23)41-2/h4-7,10-12,14,16-19,25H,8-9,13,15H2,1-3H3,(H,32,40)(H,33,35)(H,36,39)/t25-/m0/s1. The third kappa shape index (κ3) is 6.63. The number of pyridine rings is 1. The minimum Gasteiger partial charge on any atom is -0.480 e. The van der Waals surface area contributed by atoms with Crippen LogP contribution in [0.3, 0.4) is 0 Å². The minimum absolute atomic E-state index is 0.0880. The Bertz CT molecular complexity index is 1700. The van der Waals surface area contributed by atoms with Gasteiger partial charge in [0.25, 0.3) is 11.8 Å². The van der Waals surface area contributed by atoms with Crippen LogP contribution >= 0.6 is 11.8 Å². The fourth-order valence-corrected chi connectivity index (χ4v) is 5.35. The van der Waals surface area contributed by atoms with Crippen LogP contribution in [0.4, 0.5) is 0 Å². The minimum atomic E-state index is -0.390. The van der Waals surface area contributed by atoms with E-state index in [1.54, 1.807) is 43.0 Å². The number of fused-ring (bicyclic) bond motifs is 1. The van der Waals surface area contributed by atoms with Crippen LogP contribution in [-0.4, -0.2) is 56.5 Å². The number of carbonyl (C=O) groups excluding carboxylic acids is 2. The monoisotopic (exact) mass is 583 g/mol. The maximum Gasteiger partial charge on any atom is 0.255 e. The van der Waals surface area contributed by atoms with Crippen LogP contribution in [0.2, 0.25) is 0 Å². The molecule has 0 spiro atoms. The second-order valence-electron chi connectivity index (χ2n) is 9.80. The molecule has 42 heavy (non-hydrogen) atoms. The smallest absolute Gasteiger partial charge is 0.255 e. The van der Waals surface area contributed by atoms with Gasteiger partial charge in [0.2, 0.25) is 5.88 Å². The molecular weight excluding hydrogens is 550 g/mol. The molecule has 0 fully saturated rings. The first-order valence-corrected chi connectivity index (χ1v) is 14.9. The molecule has 0 bridgehead atoms. The zero-order chi connectivity index (χ0) is 29.5. The van der Waals surface area contributed by atoms with Gasteiger partial charge in [-0.2, -0.15) is 5.10 Å². The quantitative estimate of drug-likeness (QED) is 0.137. The fourth-order valence-electron chi connectivity index (χ4n) is 4.76. The highest BCUT2D eigenvalue weighted by atomic mass is 32.2. The number of para-hydroxylation sites is 1. The molecule has 3 heterocycles. The number of nitrogens with zero attached hydrogens (tertiary/aromatic N) is 4. The van der Waals surface area contributed by atoms with Gasteiger partial charge in [0.05, 0.1) is 53.4 Å². The van der Waals surface area contributed by atoms with E-state index in [1.165, 1.54) is 6.20 Å².